The van der Waals surface area contributed by atoms with Crippen LogP contribution in [0.5, 0.6) is 5.75 Å². The average molecular weight is 232 g/mol. The number of rotatable bonds is 4. The van der Waals surface area contributed by atoms with Crippen LogP contribution in [0.2, 0.25) is 0 Å². The summed E-state index contributed by atoms with van der Waals surface area (Å²) >= 11 is 0. The molecule has 0 aliphatic rings. The van der Waals surface area contributed by atoms with Gasteiger partial charge in [0.1, 0.15) is 5.75 Å². The van der Waals surface area contributed by atoms with Gasteiger partial charge in [0.05, 0.1) is 18.4 Å². The van der Waals surface area contributed by atoms with Gasteiger partial charge in [-0.3, -0.25) is 0 Å². The molecular weight excluding hydrogens is 216 g/mol. The van der Waals surface area contributed by atoms with Crippen molar-refractivity contribution in [3.05, 3.63) is 30.0 Å². The van der Waals surface area contributed by atoms with E-state index in [0.717, 1.165) is 35.4 Å². The van der Waals surface area contributed by atoms with Crippen LogP contribution < -0.4 is 10.5 Å². The van der Waals surface area contributed by atoms with Gasteiger partial charge in [-0.2, -0.15) is 0 Å². The Morgan fingerprint density at radius 2 is 2.00 bits per heavy atom. The van der Waals surface area contributed by atoms with Gasteiger partial charge in [-0.25, -0.2) is 0 Å². The SMILES string of the molecule is CCCc1noc(N)c1-c1ccc(OC)cc1. The van der Waals surface area contributed by atoms with E-state index < -0.39 is 0 Å². The molecule has 0 atom stereocenters. The molecule has 0 radical (unpaired) electrons. The Morgan fingerprint density at radius 3 is 2.59 bits per heavy atom. The zero-order valence-corrected chi connectivity index (χ0v) is 10.1. The second-order valence-electron chi connectivity index (χ2n) is 3.85. The molecule has 4 heteroatoms. The molecular formula is C13H16N2O2. The molecule has 1 aromatic carbocycles. The van der Waals surface area contributed by atoms with Gasteiger partial charge < -0.3 is 15.0 Å². The minimum absolute atomic E-state index is 0.374. The van der Waals surface area contributed by atoms with Crippen LogP contribution in [0, 0.1) is 0 Å². The summed E-state index contributed by atoms with van der Waals surface area (Å²) in [5.74, 6) is 1.19. The maximum absolute atomic E-state index is 5.81. The summed E-state index contributed by atoms with van der Waals surface area (Å²) in [4.78, 5) is 0. The molecule has 0 saturated heterocycles. The molecule has 0 amide bonds. The Morgan fingerprint density at radius 1 is 1.29 bits per heavy atom. The molecule has 4 nitrogen and oxygen atoms in total. The predicted octanol–water partition coefficient (Wildman–Crippen LogP) is 2.88. The Labute approximate surface area is 100 Å². The number of aromatic nitrogens is 1. The van der Waals surface area contributed by atoms with Crippen molar-refractivity contribution >= 4 is 5.88 Å². The molecule has 0 bridgehead atoms. The molecule has 0 aliphatic heterocycles. The third-order valence-electron chi connectivity index (χ3n) is 2.65. The van der Waals surface area contributed by atoms with Gasteiger partial charge in [0.2, 0.25) is 5.88 Å². The lowest BCUT2D eigenvalue weighted by atomic mass is 10.0. The van der Waals surface area contributed by atoms with E-state index in [1.54, 1.807) is 7.11 Å². The molecule has 2 rings (SSSR count). The van der Waals surface area contributed by atoms with Crippen LogP contribution in [0.25, 0.3) is 11.1 Å². The van der Waals surface area contributed by atoms with Gasteiger partial charge in [-0.1, -0.05) is 30.6 Å². The van der Waals surface area contributed by atoms with E-state index in [9.17, 15) is 0 Å². The molecule has 1 aromatic heterocycles. The molecule has 2 aromatic rings. The third kappa shape index (κ3) is 2.25. The van der Waals surface area contributed by atoms with Gasteiger partial charge in [0.25, 0.3) is 0 Å². The fraction of sp³-hybridized carbons (Fsp3) is 0.308. The lowest BCUT2D eigenvalue weighted by Gasteiger charge is -2.03. The highest BCUT2D eigenvalue weighted by Gasteiger charge is 2.14. The number of ether oxygens (including phenoxy) is 1. The number of benzene rings is 1. The fourth-order valence-corrected chi connectivity index (χ4v) is 1.81. The zero-order chi connectivity index (χ0) is 12.3. The Balaban J connectivity index is 2.40. The van der Waals surface area contributed by atoms with E-state index in [1.807, 2.05) is 24.3 Å². The number of methoxy groups -OCH3 is 1. The van der Waals surface area contributed by atoms with E-state index in [-0.39, 0.29) is 0 Å². The van der Waals surface area contributed by atoms with Gasteiger partial charge in [-0.05, 0) is 24.1 Å². The monoisotopic (exact) mass is 232 g/mol. The zero-order valence-electron chi connectivity index (χ0n) is 10.1. The number of hydrogen-bond acceptors (Lipinski definition) is 4. The topological polar surface area (TPSA) is 61.3 Å². The fourth-order valence-electron chi connectivity index (χ4n) is 1.81. The van der Waals surface area contributed by atoms with Crippen molar-refractivity contribution in [2.45, 2.75) is 19.8 Å². The molecule has 90 valence electrons. The van der Waals surface area contributed by atoms with Gasteiger partial charge >= 0.3 is 0 Å². The van der Waals surface area contributed by atoms with Crippen molar-refractivity contribution in [3.63, 3.8) is 0 Å². The smallest absolute Gasteiger partial charge is 0.230 e. The number of nitrogen functional groups attached to an aromatic ring is 1. The van der Waals surface area contributed by atoms with Crippen molar-refractivity contribution in [2.75, 3.05) is 12.8 Å². The summed E-state index contributed by atoms with van der Waals surface area (Å²) in [6, 6.07) is 7.72. The molecule has 0 spiro atoms. The summed E-state index contributed by atoms with van der Waals surface area (Å²) in [7, 11) is 1.64. The van der Waals surface area contributed by atoms with Crippen LogP contribution >= 0.6 is 0 Å². The normalized spacial score (nSPS) is 10.5. The predicted molar refractivity (Wildman–Crippen MR) is 66.9 cm³/mol. The number of hydrogen-bond donors (Lipinski definition) is 1. The molecule has 17 heavy (non-hydrogen) atoms. The maximum atomic E-state index is 5.81. The highest BCUT2D eigenvalue weighted by atomic mass is 16.5. The standard InChI is InChI=1S/C13H16N2O2/c1-3-4-11-12(13(14)17-15-11)9-5-7-10(16-2)8-6-9/h5-8H,3-4,14H2,1-2H3. The minimum atomic E-state index is 0.374. The molecule has 0 unspecified atom stereocenters. The number of nitrogens with two attached hydrogens (primary N) is 1. The third-order valence-corrected chi connectivity index (χ3v) is 2.65. The van der Waals surface area contributed by atoms with Crippen LogP contribution in [0.4, 0.5) is 5.88 Å². The molecule has 2 N–H and O–H groups in total. The first-order valence-electron chi connectivity index (χ1n) is 5.64. The maximum Gasteiger partial charge on any atom is 0.230 e. The molecule has 0 aliphatic carbocycles. The molecule has 0 fully saturated rings. The summed E-state index contributed by atoms with van der Waals surface area (Å²) < 4.78 is 10.2. The minimum Gasteiger partial charge on any atom is -0.497 e. The highest BCUT2D eigenvalue weighted by Crippen LogP contribution is 2.31. The highest BCUT2D eigenvalue weighted by molar-refractivity contribution is 5.75. The lowest BCUT2D eigenvalue weighted by Crippen LogP contribution is -1.91. The number of nitrogens with zero attached hydrogens (tertiary/aromatic N) is 1. The van der Waals surface area contributed by atoms with Crippen LogP contribution in [0.3, 0.4) is 0 Å². The van der Waals surface area contributed by atoms with Crippen LogP contribution in [-0.4, -0.2) is 12.3 Å². The first kappa shape index (κ1) is 11.5. The second-order valence-corrected chi connectivity index (χ2v) is 3.85. The van der Waals surface area contributed by atoms with E-state index >= 15 is 0 Å². The van der Waals surface area contributed by atoms with E-state index in [1.165, 1.54) is 0 Å². The van der Waals surface area contributed by atoms with Gasteiger partial charge in [0, 0.05) is 0 Å². The van der Waals surface area contributed by atoms with Crippen LogP contribution in [-0.2, 0) is 6.42 Å². The first-order valence-corrected chi connectivity index (χ1v) is 5.64. The lowest BCUT2D eigenvalue weighted by molar-refractivity contribution is 0.415. The van der Waals surface area contributed by atoms with E-state index in [2.05, 4.69) is 12.1 Å². The van der Waals surface area contributed by atoms with Crippen molar-refractivity contribution < 1.29 is 9.26 Å². The molecule has 1 heterocycles. The van der Waals surface area contributed by atoms with Crippen LogP contribution in [0.1, 0.15) is 19.0 Å². The van der Waals surface area contributed by atoms with Crippen LogP contribution in [0.15, 0.2) is 28.8 Å². The van der Waals surface area contributed by atoms with Crippen molar-refractivity contribution in [1.82, 2.24) is 5.16 Å². The Hall–Kier alpha value is -1.97. The van der Waals surface area contributed by atoms with E-state index in [0.29, 0.717) is 5.88 Å². The van der Waals surface area contributed by atoms with Crippen molar-refractivity contribution in [2.24, 2.45) is 0 Å². The summed E-state index contributed by atoms with van der Waals surface area (Å²) in [6.45, 7) is 2.10. The first-order chi connectivity index (χ1) is 8.26. The molecule has 0 saturated carbocycles. The Kier molecular flexibility index (Phi) is 3.32. The largest absolute Gasteiger partial charge is 0.497 e. The summed E-state index contributed by atoms with van der Waals surface area (Å²) in [5, 5.41) is 3.99. The van der Waals surface area contributed by atoms with Crippen molar-refractivity contribution in [3.8, 4) is 16.9 Å². The van der Waals surface area contributed by atoms with Gasteiger partial charge in [0.15, 0.2) is 0 Å². The average Bonchev–Trinajstić information content (AvgIpc) is 2.71. The quantitative estimate of drug-likeness (QED) is 0.880. The number of anilines is 1. The van der Waals surface area contributed by atoms with Crippen molar-refractivity contribution in [1.29, 1.82) is 0 Å². The number of aryl methyl sites for hydroxylation is 1. The summed E-state index contributed by atoms with van der Waals surface area (Å²) in [5.41, 5.74) is 8.63. The summed E-state index contributed by atoms with van der Waals surface area (Å²) in [6.07, 6.45) is 1.87. The van der Waals surface area contributed by atoms with E-state index in [4.69, 9.17) is 15.0 Å². The second kappa shape index (κ2) is 4.91. The Bertz CT molecular complexity index is 489. The van der Waals surface area contributed by atoms with Gasteiger partial charge in [-0.15, -0.1) is 0 Å².